The van der Waals surface area contributed by atoms with Crippen LogP contribution in [0.15, 0.2) is 15.7 Å². The summed E-state index contributed by atoms with van der Waals surface area (Å²) in [7, 11) is -1.33. The van der Waals surface area contributed by atoms with E-state index in [9.17, 15) is 8.42 Å². The Morgan fingerprint density at radius 3 is 2.83 bits per heavy atom. The Hall–Kier alpha value is -0.470. The molecule has 7 heteroatoms. The minimum absolute atomic E-state index is 0.344. The molecular formula is C11H19N3O2S2. The molecule has 5 nitrogen and oxygen atoms in total. The monoisotopic (exact) mass is 289 g/mol. The maximum absolute atomic E-state index is 12.0. The number of nitrogens with one attached hydrogen (secondary N) is 1. The topological polar surface area (TPSA) is 75.4 Å². The van der Waals surface area contributed by atoms with Crippen molar-refractivity contribution in [2.75, 3.05) is 20.1 Å². The number of nitrogens with two attached hydrogens (primary N) is 1. The van der Waals surface area contributed by atoms with E-state index in [-0.39, 0.29) is 0 Å². The summed E-state index contributed by atoms with van der Waals surface area (Å²) in [5.74, 6) is 0. The summed E-state index contributed by atoms with van der Waals surface area (Å²) in [4.78, 5) is 2.20. The number of nitrogens with zero attached hydrogens (tertiary/aromatic N) is 1. The van der Waals surface area contributed by atoms with Crippen LogP contribution in [0, 0.1) is 0 Å². The SMILES string of the molecule is CN(CCNS(=O)(=O)c1cc(CN)cs1)C1CC1. The fourth-order valence-corrected chi connectivity index (χ4v) is 4.01. The molecule has 1 aliphatic carbocycles. The highest BCUT2D eigenvalue weighted by Crippen LogP contribution is 2.24. The number of hydrogen-bond donors (Lipinski definition) is 2. The molecular weight excluding hydrogens is 270 g/mol. The van der Waals surface area contributed by atoms with Gasteiger partial charge in [0, 0.05) is 25.7 Å². The first-order chi connectivity index (χ1) is 8.53. The minimum Gasteiger partial charge on any atom is -0.326 e. The average molecular weight is 289 g/mol. The Balaban J connectivity index is 1.86. The maximum Gasteiger partial charge on any atom is 0.250 e. The van der Waals surface area contributed by atoms with E-state index in [1.165, 1.54) is 24.2 Å². The van der Waals surface area contributed by atoms with E-state index in [4.69, 9.17) is 5.73 Å². The van der Waals surface area contributed by atoms with Crippen LogP contribution in [0.2, 0.25) is 0 Å². The molecule has 0 bridgehead atoms. The quantitative estimate of drug-likeness (QED) is 0.770. The Morgan fingerprint density at radius 2 is 2.28 bits per heavy atom. The zero-order valence-corrected chi connectivity index (χ0v) is 12.1. The van der Waals surface area contributed by atoms with Gasteiger partial charge in [0.1, 0.15) is 4.21 Å². The molecule has 2 rings (SSSR count). The van der Waals surface area contributed by atoms with Crippen molar-refractivity contribution in [3.05, 3.63) is 17.0 Å². The molecule has 0 amide bonds. The maximum atomic E-state index is 12.0. The van der Waals surface area contributed by atoms with E-state index in [0.717, 1.165) is 12.1 Å². The lowest BCUT2D eigenvalue weighted by Gasteiger charge is -2.15. The van der Waals surface area contributed by atoms with E-state index in [2.05, 4.69) is 9.62 Å². The van der Waals surface area contributed by atoms with Crippen molar-refractivity contribution in [3.8, 4) is 0 Å². The van der Waals surface area contributed by atoms with E-state index in [1.807, 2.05) is 7.05 Å². The summed E-state index contributed by atoms with van der Waals surface area (Å²) in [5.41, 5.74) is 6.33. The van der Waals surface area contributed by atoms with Gasteiger partial charge in [-0.15, -0.1) is 11.3 Å². The fraction of sp³-hybridized carbons (Fsp3) is 0.636. The molecule has 0 atom stereocenters. The lowest BCUT2D eigenvalue weighted by Crippen LogP contribution is -2.33. The molecule has 0 aliphatic heterocycles. The first-order valence-electron chi connectivity index (χ1n) is 6.00. The molecule has 18 heavy (non-hydrogen) atoms. The molecule has 0 radical (unpaired) electrons. The van der Waals surface area contributed by atoms with Crippen molar-refractivity contribution in [2.24, 2.45) is 5.73 Å². The van der Waals surface area contributed by atoms with E-state index >= 15 is 0 Å². The standard InChI is InChI=1S/C11H19N3O2S2/c1-14(10-2-3-10)5-4-13-18(15,16)11-6-9(7-12)8-17-11/h6,8,10,13H,2-5,7,12H2,1H3. The lowest BCUT2D eigenvalue weighted by molar-refractivity contribution is 0.329. The molecule has 102 valence electrons. The van der Waals surface area contributed by atoms with E-state index < -0.39 is 10.0 Å². The highest BCUT2D eigenvalue weighted by Gasteiger charge is 2.26. The van der Waals surface area contributed by atoms with Crippen LogP contribution in [-0.4, -0.2) is 39.5 Å². The Labute approximate surface area is 112 Å². The van der Waals surface area contributed by atoms with Crippen molar-refractivity contribution in [1.29, 1.82) is 0 Å². The van der Waals surface area contributed by atoms with E-state index in [1.54, 1.807) is 11.4 Å². The van der Waals surface area contributed by atoms with Gasteiger partial charge in [-0.3, -0.25) is 0 Å². The summed E-state index contributed by atoms with van der Waals surface area (Å²) < 4.78 is 26.9. The van der Waals surface area contributed by atoms with Crippen LogP contribution in [0.5, 0.6) is 0 Å². The van der Waals surface area contributed by atoms with Gasteiger partial charge in [-0.1, -0.05) is 0 Å². The molecule has 0 spiro atoms. The number of likely N-dealkylation sites (N-methyl/N-ethyl adjacent to an activating group) is 1. The van der Waals surface area contributed by atoms with Crippen LogP contribution >= 0.6 is 11.3 Å². The summed E-state index contributed by atoms with van der Waals surface area (Å²) in [6.45, 7) is 1.57. The second-order valence-corrected chi connectivity index (χ2v) is 7.49. The minimum atomic E-state index is -3.36. The zero-order valence-electron chi connectivity index (χ0n) is 10.4. The van der Waals surface area contributed by atoms with Gasteiger partial charge < -0.3 is 10.6 Å². The van der Waals surface area contributed by atoms with Gasteiger partial charge in [0.25, 0.3) is 0 Å². The first kappa shape index (κ1) is 14.0. The molecule has 0 saturated heterocycles. The second-order valence-electron chi connectivity index (χ2n) is 4.59. The third-order valence-electron chi connectivity index (χ3n) is 3.06. The zero-order chi connectivity index (χ0) is 13.2. The summed E-state index contributed by atoms with van der Waals surface area (Å²) in [5, 5.41) is 1.78. The third-order valence-corrected chi connectivity index (χ3v) is 6.01. The number of thiophene rings is 1. The fourth-order valence-electron chi connectivity index (χ4n) is 1.73. The molecule has 3 N–H and O–H groups in total. The van der Waals surface area contributed by atoms with Crippen LogP contribution in [0.25, 0.3) is 0 Å². The highest BCUT2D eigenvalue weighted by atomic mass is 32.2. The van der Waals surface area contributed by atoms with E-state index in [0.29, 0.717) is 23.3 Å². The molecule has 0 aromatic carbocycles. The molecule has 1 aliphatic rings. The predicted octanol–water partition coefficient (Wildman–Crippen LogP) is 0.579. The first-order valence-corrected chi connectivity index (χ1v) is 8.36. The Kier molecular flexibility index (Phi) is 4.39. The third kappa shape index (κ3) is 3.52. The molecule has 1 fully saturated rings. The largest absolute Gasteiger partial charge is 0.326 e. The van der Waals surface area contributed by atoms with Gasteiger partial charge in [0.05, 0.1) is 0 Å². The number of hydrogen-bond acceptors (Lipinski definition) is 5. The van der Waals surface area contributed by atoms with Gasteiger partial charge in [-0.2, -0.15) is 0 Å². The summed E-state index contributed by atoms with van der Waals surface area (Å²) in [6.07, 6.45) is 2.46. The van der Waals surface area contributed by atoms with Crippen LogP contribution in [0.1, 0.15) is 18.4 Å². The molecule has 1 saturated carbocycles. The smallest absolute Gasteiger partial charge is 0.250 e. The van der Waals surface area contributed by atoms with Crippen molar-refractivity contribution in [1.82, 2.24) is 9.62 Å². The van der Waals surface area contributed by atoms with Crippen LogP contribution in [-0.2, 0) is 16.6 Å². The van der Waals surface area contributed by atoms with Gasteiger partial charge in [0.15, 0.2) is 0 Å². The van der Waals surface area contributed by atoms with Crippen LogP contribution in [0.3, 0.4) is 0 Å². The van der Waals surface area contributed by atoms with Gasteiger partial charge in [-0.25, -0.2) is 13.1 Å². The van der Waals surface area contributed by atoms with Crippen molar-refractivity contribution in [3.63, 3.8) is 0 Å². The lowest BCUT2D eigenvalue weighted by atomic mass is 10.4. The Morgan fingerprint density at radius 1 is 1.56 bits per heavy atom. The average Bonchev–Trinajstić information content (AvgIpc) is 3.06. The van der Waals surface area contributed by atoms with Crippen molar-refractivity contribution in [2.45, 2.75) is 29.6 Å². The summed E-state index contributed by atoms with van der Waals surface area (Å²) >= 11 is 1.21. The summed E-state index contributed by atoms with van der Waals surface area (Å²) in [6, 6.07) is 2.29. The van der Waals surface area contributed by atoms with Crippen molar-refractivity contribution < 1.29 is 8.42 Å². The molecule has 1 aromatic rings. The predicted molar refractivity (Wildman–Crippen MR) is 73.1 cm³/mol. The van der Waals surface area contributed by atoms with Gasteiger partial charge >= 0.3 is 0 Å². The molecule has 0 unspecified atom stereocenters. The van der Waals surface area contributed by atoms with Gasteiger partial charge in [0.2, 0.25) is 10.0 Å². The molecule has 1 heterocycles. The van der Waals surface area contributed by atoms with Gasteiger partial charge in [-0.05, 0) is 36.9 Å². The Bertz CT molecular complexity index is 494. The normalized spacial score (nSPS) is 16.4. The van der Waals surface area contributed by atoms with Crippen molar-refractivity contribution >= 4 is 21.4 Å². The second kappa shape index (κ2) is 5.66. The molecule has 1 aromatic heterocycles. The van der Waals surface area contributed by atoms with Crippen LogP contribution < -0.4 is 10.5 Å². The van der Waals surface area contributed by atoms with Crippen LogP contribution in [0.4, 0.5) is 0 Å². The number of sulfonamides is 1. The number of rotatable bonds is 7. The highest BCUT2D eigenvalue weighted by molar-refractivity contribution is 7.91.